The van der Waals surface area contributed by atoms with Crippen LogP contribution in [-0.2, 0) is 11.3 Å². The van der Waals surface area contributed by atoms with Crippen LogP contribution in [0.3, 0.4) is 0 Å². The molecule has 1 aliphatic rings. The van der Waals surface area contributed by atoms with Crippen LogP contribution in [-0.4, -0.2) is 42.3 Å². The van der Waals surface area contributed by atoms with Gasteiger partial charge in [-0.2, -0.15) is 0 Å². The Labute approximate surface area is 174 Å². The molecule has 1 fully saturated rings. The number of hydrogen-bond donors (Lipinski definition) is 0. The molecule has 0 bridgehead atoms. The fourth-order valence-corrected chi connectivity index (χ4v) is 4.36. The number of nitrogens with zero attached hydrogens (tertiary/aromatic N) is 3. The van der Waals surface area contributed by atoms with Crippen LogP contribution >= 0.6 is 22.9 Å². The van der Waals surface area contributed by atoms with Crippen molar-refractivity contribution in [1.82, 2.24) is 9.47 Å². The molecular weight excluding hydrogens is 390 g/mol. The molecule has 0 N–H and O–H groups in total. The summed E-state index contributed by atoms with van der Waals surface area (Å²) in [5, 5.41) is 2.93. The first-order chi connectivity index (χ1) is 13.7. The molecule has 6 heteroatoms. The number of benzene rings is 2. The van der Waals surface area contributed by atoms with Crippen molar-refractivity contribution in [1.29, 1.82) is 0 Å². The van der Waals surface area contributed by atoms with E-state index < -0.39 is 0 Å². The summed E-state index contributed by atoms with van der Waals surface area (Å²) in [5.74, 6) is 0. The van der Waals surface area contributed by atoms with Crippen molar-refractivity contribution < 1.29 is 4.74 Å². The molecule has 0 amide bonds. The van der Waals surface area contributed by atoms with Gasteiger partial charge >= 0.3 is 0 Å². The Balaban J connectivity index is 1.68. The molecule has 3 aromatic rings. The lowest BCUT2D eigenvalue weighted by Gasteiger charge is -2.26. The number of ether oxygens (including phenoxy) is 1. The second-order valence-corrected chi connectivity index (χ2v) is 8.24. The summed E-state index contributed by atoms with van der Waals surface area (Å²) in [6, 6.07) is 16.4. The Morgan fingerprint density at radius 3 is 2.43 bits per heavy atom. The smallest absolute Gasteiger partial charge is 0.190 e. The molecule has 4 rings (SSSR count). The molecule has 2 heterocycles. The molecule has 146 valence electrons. The van der Waals surface area contributed by atoms with E-state index in [1.165, 1.54) is 16.8 Å². The second kappa shape index (κ2) is 9.05. The Morgan fingerprint density at radius 1 is 1.00 bits per heavy atom. The minimum absolute atomic E-state index is 0.727. The van der Waals surface area contributed by atoms with E-state index in [0.717, 1.165) is 54.9 Å². The Kier molecular flexibility index (Phi) is 6.27. The molecule has 0 atom stereocenters. The van der Waals surface area contributed by atoms with Gasteiger partial charge in [0.1, 0.15) is 0 Å². The van der Waals surface area contributed by atoms with Gasteiger partial charge in [-0.25, -0.2) is 4.99 Å². The Bertz CT molecular complexity index is 970. The number of hydrogen-bond acceptors (Lipinski definition) is 4. The number of aryl methyl sites for hydroxylation is 1. The molecule has 1 aliphatic heterocycles. The molecule has 0 radical (unpaired) electrons. The van der Waals surface area contributed by atoms with Crippen molar-refractivity contribution in [2.24, 2.45) is 4.99 Å². The minimum Gasteiger partial charge on any atom is -0.379 e. The fourth-order valence-electron chi connectivity index (χ4n) is 3.28. The van der Waals surface area contributed by atoms with Crippen molar-refractivity contribution in [2.45, 2.75) is 13.5 Å². The lowest BCUT2D eigenvalue weighted by atomic mass is 10.1. The van der Waals surface area contributed by atoms with Gasteiger partial charge in [-0.05, 0) is 36.8 Å². The number of rotatable bonds is 5. The van der Waals surface area contributed by atoms with Crippen LogP contribution in [0, 0.1) is 6.92 Å². The zero-order chi connectivity index (χ0) is 19.3. The average Bonchev–Trinajstić information content (AvgIpc) is 3.12. The van der Waals surface area contributed by atoms with Gasteiger partial charge in [0.2, 0.25) is 0 Å². The lowest BCUT2D eigenvalue weighted by Crippen LogP contribution is -2.39. The number of morpholine rings is 1. The molecule has 0 unspecified atom stereocenters. The summed E-state index contributed by atoms with van der Waals surface area (Å²) in [5.41, 5.74) is 4.62. The predicted octanol–water partition coefficient (Wildman–Crippen LogP) is 4.74. The summed E-state index contributed by atoms with van der Waals surface area (Å²) >= 11 is 7.70. The van der Waals surface area contributed by atoms with Crippen LogP contribution in [0.1, 0.15) is 5.56 Å². The van der Waals surface area contributed by atoms with Gasteiger partial charge < -0.3 is 9.30 Å². The molecule has 0 spiro atoms. The zero-order valence-corrected chi connectivity index (χ0v) is 17.5. The molecule has 4 nitrogen and oxygen atoms in total. The summed E-state index contributed by atoms with van der Waals surface area (Å²) in [6.07, 6.45) is 0. The van der Waals surface area contributed by atoms with Gasteiger partial charge in [-0.15, -0.1) is 11.3 Å². The number of halogens is 1. The number of thiazole rings is 1. The molecule has 28 heavy (non-hydrogen) atoms. The van der Waals surface area contributed by atoms with Gasteiger partial charge in [0, 0.05) is 36.6 Å². The van der Waals surface area contributed by atoms with Crippen molar-refractivity contribution >= 4 is 28.6 Å². The van der Waals surface area contributed by atoms with Gasteiger partial charge in [0.15, 0.2) is 4.80 Å². The monoisotopic (exact) mass is 413 g/mol. The maximum atomic E-state index is 6.02. The summed E-state index contributed by atoms with van der Waals surface area (Å²) in [7, 11) is 0. The first-order valence-corrected chi connectivity index (χ1v) is 10.8. The van der Waals surface area contributed by atoms with E-state index >= 15 is 0 Å². The second-order valence-electron chi connectivity index (χ2n) is 6.96. The van der Waals surface area contributed by atoms with Crippen LogP contribution in [0.2, 0.25) is 5.02 Å². The van der Waals surface area contributed by atoms with E-state index in [1.807, 2.05) is 24.3 Å². The zero-order valence-electron chi connectivity index (χ0n) is 16.0. The predicted molar refractivity (Wildman–Crippen MR) is 116 cm³/mol. The van der Waals surface area contributed by atoms with E-state index in [2.05, 4.69) is 46.0 Å². The highest BCUT2D eigenvalue weighted by Gasteiger charge is 2.13. The first kappa shape index (κ1) is 19.4. The molecular formula is C22H24ClN3OS. The van der Waals surface area contributed by atoms with E-state index in [0.29, 0.717) is 0 Å². The highest BCUT2D eigenvalue weighted by molar-refractivity contribution is 7.07. The first-order valence-electron chi connectivity index (χ1n) is 9.55. The molecule has 1 saturated heterocycles. The average molecular weight is 414 g/mol. The third-order valence-electron chi connectivity index (χ3n) is 4.94. The topological polar surface area (TPSA) is 29.8 Å². The minimum atomic E-state index is 0.727. The van der Waals surface area contributed by atoms with Gasteiger partial charge in [0.05, 0.1) is 24.6 Å². The summed E-state index contributed by atoms with van der Waals surface area (Å²) in [6.45, 7) is 7.64. The Hall–Kier alpha value is -1.92. The van der Waals surface area contributed by atoms with Crippen molar-refractivity contribution in [3.8, 4) is 11.3 Å². The normalized spacial score (nSPS) is 15.9. The fraction of sp³-hybridized carbons (Fsp3) is 0.318. The van der Waals surface area contributed by atoms with Gasteiger partial charge in [-0.3, -0.25) is 4.90 Å². The summed E-state index contributed by atoms with van der Waals surface area (Å²) in [4.78, 5) is 8.35. The lowest BCUT2D eigenvalue weighted by molar-refractivity contribution is 0.0363. The standard InChI is InChI=1S/C22H24ClN3OS/c1-17-2-4-18(5-3-17)21-16-28-22(24-20-8-6-19(23)7-9-20)26(21)11-10-25-12-14-27-15-13-25/h2-9,16H,10-15H2,1H3. The maximum absolute atomic E-state index is 6.02. The van der Waals surface area contributed by atoms with Gasteiger partial charge in [-0.1, -0.05) is 41.4 Å². The highest BCUT2D eigenvalue weighted by Crippen LogP contribution is 2.22. The van der Waals surface area contributed by atoms with Crippen LogP contribution in [0.5, 0.6) is 0 Å². The molecule has 0 saturated carbocycles. The van der Waals surface area contributed by atoms with Crippen molar-refractivity contribution in [3.63, 3.8) is 0 Å². The van der Waals surface area contributed by atoms with Gasteiger partial charge in [0.25, 0.3) is 0 Å². The van der Waals surface area contributed by atoms with E-state index in [9.17, 15) is 0 Å². The molecule has 2 aromatic carbocycles. The largest absolute Gasteiger partial charge is 0.379 e. The van der Waals surface area contributed by atoms with Crippen LogP contribution in [0.25, 0.3) is 11.3 Å². The third kappa shape index (κ3) is 4.73. The molecule has 0 aliphatic carbocycles. The van der Waals surface area contributed by atoms with E-state index in [-0.39, 0.29) is 0 Å². The summed E-state index contributed by atoms with van der Waals surface area (Å²) < 4.78 is 7.81. The van der Waals surface area contributed by atoms with E-state index in [4.69, 9.17) is 21.3 Å². The Morgan fingerprint density at radius 2 is 1.71 bits per heavy atom. The number of aromatic nitrogens is 1. The van der Waals surface area contributed by atoms with Crippen LogP contribution in [0.4, 0.5) is 5.69 Å². The quantitative estimate of drug-likeness (QED) is 0.604. The van der Waals surface area contributed by atoms with Crippen LogP contribution < -0.4 is 4.80 Å². The van der Waals surface area contributed by atoms with Crippen molar-refractivity contribution in [3.05, 3.63) is 69.3 Å². The molecule has 1 aromatic heterocycles. The van der Waals surface area contributed by atoms with E-state index in [1.54, 1.807) is 11.3 Å². The highest BCUT2D eigenvalue weighted by atomic mass is 35.5. The van der Waals surface area contributed by atoms with Crippen molar-refractivity contribution in [2.75, 3.05) is 32.8 Å². The third-order valence-corrected chi connectivity index (χ3v) is 6.06. The SMILES string of the molecule is Cc1ccc(-c2csc(=Nc3ccc(Cl)cc3)n2CCN2CCOCC2)cc1. The van der Waals surface area contributed by atoms with Crippen LogP contribution in [0.15, 0.2) is 58.9 Å². The maximum Gasteiger partial charge on any atom is 0.190 e.